The molecule has 0 spiro atoms. The zero-order chi connectivity index (χ0) is 11.1. The van der Waals surface area contributed by atoms with Gasteiger partial charge in [-0.05, 0) is 12.1 Å². The number of hydrogen-bond acceptors (Lipinski definition) is 4. The van der Waals surface area contributed by atoms with Crippen LogP contribution in [0.2, 0.25) is 0 Å². The molecular weight excluding hydrogens is 214 g/mol. The van der Waals surface area contributed by atoms with E-state index in [2.05, 4.69) is 0 Å². The van der Waals surface area contributed by atoms with E-state index in [1.807, 2.05) is 4.90 Å². The first-order chi connectivity index (χ1) is 6.98. The van der Waals surface area contributed by atoms with Crippen molar-refractivity contribution in [3.8, 4) is 0 Å². The highest BCUT2D eigenvalue weighted by Crippen LogP contribution is 2.28. The van der Waals surface area contributed by atoms with Crippen molar-refractivity contribution in [2.24, 2.45) is 0 Å². The summed E-state index contributed by atoms with van der Waals surface area (Å²) >= 11 is 0. The minimum atomic E-state index is -3.20. The van der Waals surface area contributed by atoms with E-state index < -0.39 is 9.84 Å². The predicted octanol–water partition coefficient (Wildman–Crippen LogP) is 0.271. The van der Waals surface area contributed by atoms with Crippen molar-refractivity contribution in [2.75, 3.05) is 24.2 Å². The van der Waals surface area contributed by atoms with Crippen LogP contribution in [-0.4, -0.2) is 39.0 Å². The lowest BCUT2D eigenvalue weighted by Crippen LogP contribution is -2.51. The van der Waals surface area contributed by atoms with Gasteiger partial charge in [0.2, 0.25) is 0 Å². The third-order valence-electron chi connectivity index (χ3n) is 2.47. The molecule has 0 radical (unpaired) electrons. The monoisotopic (exact) mass is 227 g/mol. The Bertz CT molecular complexity index is 463. The number of anilines is 1. The number of hydrogen-bond donors (Lipinski definition) is 1. The number of sulfone groups is 1. The fraction of sp³-hybridized carbons (Fsp3) is 0.400. The Labute approximate surface area is 89.1 Å². The molecule has 0 bridgehead atoms. The number of aliphatic hydroxyl groups excluding tert-OH is 1. The van der Waals surface area contributed by atoms with Gasteiger partial charge in [-0.2, -0.15) is 0 Å². The quantitative estimate of drug-likeness (QED) is 0.788. The molecule has 2 rings (SSSR count). The summed E-state index contributed by atoms with van der Waals surface area (Å²) < 4.78 is 23.0. The Balaban J connectivity index is 2.39. The minimum absolute atomic E-state index is 0.330. The lowest BCUT2D eigenvalue weighted by molar-refractivity contribution is 0.141. The van der Waals surface area contributed by atoms with Crippen LogP contribution in [0.15, 0.2) is 29.2 Å². The topological polar surface area (TPSA) is 57.6 Å². The molecule has 15 heavy (non-hydrogen) atoms. The summed E-state index contributed by atoms with van der Waals surface area (Å²) in [6.07, 6.45) is 0.861. The van der Waals surface area contributed by atoms with Crippen molar-refractivity contribution in [2.45, 2.75) is 11.0 Å². The molecular formula is C10H13NO3S. The fourth-order valence-corrected chi connectivity index (χ4v) is 2.59. The van der Waals surface area contributed by atoms with Gasteiger partial charge in [-0.1, -0.05) is 12.1 Å². The molecule has 0 aromatic heterocycles. The third kappa shape index (κ3) is 1.98. The second kappa shape index (κ2) is 3.50. The van der Waals surface area contributed by atoms with Gasteiger partial charge >= 0.3 is 0 Å². The average molecular weight is 227 g/mol. The van der Waals surface area contributed by atoms with Gasteiger partial charge < -0.3 is 10.0 Å². The maximum Gasteiger partial charge on any atom is 0.177 e. The van der Waals surface area contributed by atoms with Crippen LogP contribution in [0.3, 0.4) is 0 Å². The van der Waals surface area contributed by atoms with Crippen molar-refractivity contribution < 1.29 is 13.5 Å². The van der Waals surface area contributed by atoms with Crippen molar-refractivity contribution >= 4 is 15.5 Å². The second-order valence-corrected chi connectivity index (χ2v) is 5.78. The number of rotatable bonds is 2. The van der Waals surface area contributed by atoms with Crippen molar-refractivity contribution in [3.05, 3.63) is 24.3 Å². The van der Waals surface area contributed by atoms with E-state index in [4.69, 9.17) is 0 Å². The predicted molar refractivity (Wildman–Crippen MR) is 57.8 cm³/mol. The standard InChI is InChI=1S/C10H13NO3S/c1-15(13,14)10-5-3-2-4-9(10)11-6-8(12)7-11/h2-5,8,12H,6-7H2,1H3. The van der Waals surface area contributed by atoms with Gasteiger partial charge in [0.1, 0.15) is 0 Å². The van der Waals surface area contributed by atoms with E-state index in [-0.39, 0.29) is 6.10 Å². The Kier molecular flexibility index (Phi) is 2.44. The summed E-state index contributed by atoms with van der Waals surface area (Å²) in [5, 5.41) is 9.18. The molecule has 0 saturated carbocycles. The van der Waals surface area contributed by atoms with Crippen LogP contribution < -0.4 is 4.90 Å². The van der Waals surface area contributed by atoms with Gasteiger partial charge in [-0.3, -0.25) is 0 Å². The van der Waals surface area contributed by atoms with Gasteiger partial charge in [0.25, 0.3) is 0 Å². The van der Waals surface area contributed by atoms with Crippen LogP contribution >= 0.6 is 0 Å². The van der Waals surface area contributed by atoms with Gasteiger partial charge in [0, 0.05) is 19.3 Å². The highest BCUT2D eigenvalue weighted by Gasteiger charge is 2.28. The van der Waals surface area contributed by atoms with Crippen LogP contribution in [-0.2, 0) is 9.84 Å². The van der Waals surface area contributed by atoms with Crippen LogP contribution in [0.25, 0.3) is 0 Å². The minimum Gasteiger partial charge on any atom is -0.389 e. The second-order valence-electron chi connectivity index (χ2n) is 3.80. The van der Waals surface area contributed by atoms with Crippen LogP contribution in [0.5, 0.6) is 0 Å². The van der Waals surface area contributed by atoms with E-state index in [9.17, 15) is 13.5 Å². The molecule has 1 aliphatic rings. The zero-order valence-corrected chi connectivity index (χ0v) is 9.24. The molecule has 1 aromatic carbocycles. The normalized spacial score (nSPS) is 17.6. The summed E-state index contributed by atoms with van der Waals surface area (Å²) in [5.74, 6) is 0. The zero-order valence-electron chi connectivity index (χ0n) is 8.42. The molecule has 4 nitrogen and oxygen atoms in total. The number of aliphatic hydroxyl groups is 1. The van der Waals surface area contributed by atoms with E-state index >= 15 is 0 Å². The third-order valence-corrected chi connectivity index (χ3v) is 3.61. The van der Waals surface area contributed by atoms with Crippen molar-refractivity contribution in [1.29, 1.82) is 0 Å². The molecule has 0 unspecified atom stereocenters. The van der Waals surface area contributed by atoms with Gasteiger partial charge in [-0.25, -0.2) is 8.42 Å². The van der Waals surface area contributed by atoms with E-state index in [0.29, 0.717) is 23.7 Å². The SMILES string of the molecule is CS(=O)(=O)c1ccccc1N1CC(O)C1. The lowest BCUT2D eigenvalue weighted by atomic mass is 10.1. The number of nitrogens with zero attached hydrogens (tertiary/aromatic N) is 1. The van der Waals surface area contributed by atoms with Crippen molar-refractivity contribution in [1.82, 2.24) is 0 Å². The Morgan fingerprint density at radius 1 is 1.33 bits per heavy atom. The van der Waals surface area contributed by atoms with E-state index in [1.54, 1.807) is 24.3 Å². The molecule has 0 aliphatic carbocycles. The molecule has 5 heteroatoms. The highest BCUT2D eigenvalue weighted by molar-refractivity contribution is 7.90. The molecule has 1 saturated heterocycles. The fourth-order valence-electron chi connectivity index (χ4n) is 1.68. The molecule has 1 aromatic rings. The summed E-state index contributed by atoms with van der Waals surface area (Å²) in [5.41, 5.74) is 0.685. The first-order valence-corrected chi connectivity index (χ1v) is 6.60. The maximum absolute atomic E-state index is 11.5. The summed E-state index contributed by atoms with van der Waals surface area (Å²) in [4.78, 5) is 2.19. The van der Waals surface area contributed by atoms with Crippen LogP contribution in [0.1, 0.15) is 0 Å². The number of β-amino-alcohol motifs (C(OH)–C–C–N with tert-alkyl or cyclic N) is 1. The first-order valence-electron chi connectivity index (χ1n) is 4.70. The van der Waals surface area contributed by atoms with Gasteiger partial charge in [0.15, 0.2) is 9.84 Å². The molecule has 1 N–H and O–H groups in total. The van der Waals surface area contributed by atoms with E-state index in [1.165, 1.54) is 6.26 Å². The molecule has 1 heterocycles. The van der Waals surface area contributed by atoms with Gasteiger partial charge in [-0.15, -0.1) is 0 Å². The van der Waals surface area contributed by atoms with E-state index in [0.717, 1.165) is 0 Å². The summed E-state index contributed by atoms with van der Waals surface area (Å²) in [7, 11) is -3.20. The van der Waals surface area contributed by atoms with Crippen LogP contribution in [0, 0.1) is 0 Å². The number of benzene rings is 1. The number of para-hydroxylation sites is 1. The molecule has 1 fully saturated rings. The highest BCUT2D eigenvalue weighted by atomic mass is 32.2. The Morgan fingerprint density at radius 3 is 2.47 bits per heavy atom. The van der Waals surface area contributed by atoms with Crippen molar-refractivity contribution in [3.63, 3.8) is 0 Å². The van der Waals surface area contributed by atoms with Crippen LogP contribution in [0.4, 0.5) is 5.69 Å². The average Bonchev–Trinajstić information content (AvgIpc) is 2.12. The van der Waals surface area contributed by atoms with Gasteiger partial charge in [0.05, 0.1) is 16.7 Å². The lowest BCUT2D eigenvalue weighted by Gasteiger charge is -2.38. The summed E-state index contributed by atoms with van der Waals surface area (Å²) in [6.45, 7) is 1.01. The maximum atomic E-state index is 11.5. The smallest absolute Gasteiger partial charge is 0.177 e. The molecule has 0 atom stereocenters. The first kappa shape index (κ1) is 10.4. The molecule has 82 valence electrons. The largest absolute Gasteiger partial charge is 0.389 e. The molecule has 0 amide bonds. The Morgan fingerprint density at radius 2 is 1.93 bits per heavy atom. The molecule has 1 aliphatic heterocycles. The summed E-state index contributed by atoms with van der Waals surface area (Å²) in [6, 6.07) is 6.86. The Hall–Kier alpha value is -1.07.